The summed E-state index contributed by atoms with van der Waals surface area (Å²) in [6.07, 6.45) is 7.56. The minimum atomic E-state index is -2.62. The van der Waals surface area contributed by atoms with Crippen LogP contribution in [0, 0.1) is 35.5 Å². The van der Waals surface area contributed by atoms with E-state index in [4.69, 9.17) is 33.1 Å². The van der Waals surface area contributed by atoms with Gasteiger partial charge < -0.3 is 21.3 Å². The average molecular weight is 406 g/mol. The highest BCUT2D eigenvalue weighted by Crippen LogP contribution is 2.54. The molecule has 0 spiro atoms. The Morgan fingerprint density at radius 1 is 0.800 bits per heavy atom. The van der Waals surface area contributed by atoms with Gasteiger partial charge in [0.05, 0.1) is 17.9 Å². The molecule has 25 heavy (non-hydrogen) atoms. The van der Waals surface area contributed by atoms with E-state index in [1.165, 1.54) is 25.7 Å². The minimum Gasteiger partial charge on any atom is -0.691 e. The van der Waals surface area contributed by atoms with Gasteiger partial charge in [-0.05, 0) is 61.2 Å². The van der Waals surface area contributed by atoms with Gasteiger partial charge in [0.2, 0.25) is 0 Å². The zero-order valence-electron chi connectivity index (χ0n) is 16.9. The van der Waals surface area contributed by atoms with Crippen molar-refractivity contribution in [1.82, 2.24) is 0 Å². The smallest absolute Gasteiger partial charge is 0.0664 e. The molecule has 0 heterocycles. The van der Waals surface area contributed by atoms with Crippen molar-refractivity contribution in [3.63, 3.8) is 0 Å². The predicted octanol–water partition coefficient (Wildman–Crippen LogP) is 6.71. The molecule has 0 aliphatic heterocycles. The molecule has 2 rings (SSSR count). The third kappa shape index (κ3) is 6.49. The molecule has 0 saturated heterocycles. The van der Waals surface area contributed by atoms with Crippen LogP contribution in [0.1, 0.15) is 80.1 Å². The molecule has 0 aromatic rings. The molecule has 2 aliphatic carbocycles. The Labute approximate surface area is 166 Å². The lowest BCUT2D eigenvalue weighted by Crippen LogP contribution is -2.36. The first-order valence-corrected chi connectivity index (χ1v) is 13.9. The van der Waals surface area contributed by atoms with Crippen LogP contribution in [-0.4, -0.2) is 12.2 Å². The highest BCUT2D eigenvalue weighted by Gasteiger charge is 2.36. The second kappa shape index (κ2) is 9.41. The summed E-state index contributed by atoms with van der Waals surface area (Å²) in [5, 5.41) is 0. The van der Waals surface area contributed by atoms with Crippen LogP contribution in [0.2, 0.25) is 0 Å². The van der Waals surface area contributed by atoms with E-state index in [0.717, 1.165) is 12.8 Å². The molecule has 0 bridgehead atoms. The van der Waals surface area contributed by atoms with Crippen molar-refractivity contribution in [3.8, 4) is 0 Å². The fraction of sp³-hybridized carbons (Fsp3) is 1.00. The molecule has 2 saturated carbocycles. The Balaban J connectivity index is 2.04. The van der Waals surface area contributed by atoms with Crippen molar-refractivity contribution in [2.24, 2.45) is 35.5 Å². The molecule has 148 valence electrons. The van der Waals surface area contributed by atoms with E-state index in [1.807, 2.05) is 0 Å². The summed E-state index contributed by atoms with van der Waals surface area (Å²) in [5.41, 5.74) is -2.62. The summed E-state index contributed by atoms with van der Waals surface area (Å²) in [4.78, 5) is 0. The third-order valence-electron chi connectivity index (χ3n) is 6.45. The van der Waals surface area contributed by atoms with Crippen molar-refractivity contribution < 1.29 is 9.05 Å². The van der Waals surface area contributed by atoms with Crippen LogP contribution < -0.4 is 0 Å². The summed E-state index contributed by atoms with van der Waals surface area (Å²) in [5.74, 6) is 3.75. The maximum absolute atomic E-state index is 6.41. The molecular formula is C20H38O2PS2-. The van der Waals surface area contributed by atoms with Crippen LogP contribution in [0.15, 0.2) is 0 Å². The Kier molecular flexibility index (Phi) is 8.36. The van der Waals surface area contributed by atoms with E-state index in [1.54, 1.807) is 0 Å². The molecule has 0 unspecified atom stereocenters. The molecule has 0 aromatic carbocycles. The first kappa shape index (κ1) is 22.2. The fourth-order valence-electron chi connectivity index (χ4n) is 4.83. The van der Waals surface area contributed by atoms with E-state index >= 15 is 0 Å². The highest BCUT2D eigenvalue weighted by atomic mass is 32.9. The second-order valence-corrected chi connectivity index (χ2v) is 14.3. The number of hydrogen-bond acceptors (Lipinski definition) is 4. The van der Waals surface area contributed by atoms with Gasteiger partial charge in [-0.3, -0.25) is 0 Å². The zero-order chi connectivity index (χ0) is 18.8. The van der Waals surface area contributed by atoms with Crippen molar-refractivity contribution >= 4 is 29.7 Å². The van der Waals surface area contributed by atoms with Gasteiger partial charge in [0.15, 0.2) is 0 Å². The molecule has 0 N–H and O–H groups in total. The minimum absolute atomic E-state index is 0.186. The molecular weight excluding hydrogens is 367 g/mol. The van der Waals surface area contributed by atoms with Crippen LogP contribution in [-0.2, 0) is 33.1 Å². The maximum atomic E-state index is 6.41. The summed E-state index contributed by atoms with van der Waals surface area (Å²) in [6, 6.07) is 0. The Morgan fingerprint density at radius 2 is 1.16 bits per heavy atom. The van der Waals surface area contributed by atoms with Crippen molar-refractivity contribution in [2.75, 3.05) is 0 Å². The van der Waals surface area contributed by atoms with Crippen LogP contribution in [0.3, 0.4) is 0 Å². The van der Waals surface area contributed by atoms with Crippen LogP contribution in [0.5, 0.6) is 0 Å². The average Bonchev–Trinajstić information content (AvgIpc) is 2.45. The normalized spacial score (nSPS) is 37.6. The molecule has 0 radical (unpaired) electrons. The summed E-state index contributed by atoms with van der Waals surface area (Å²) < 4.78 is 12.8. The number of hydrogen-bond donors (Lipinski definition) is 0. The van der Waals surface area contributed by atoms with Gasteiger partial charge in [-0.2, -0.15) is 0 Å². The monoisotopic (exact) mass is 405 g/mol. The van der Waals surface area contributed by atoms with E-state index in [-0.39, 0.29) is 12.2 Å². The molecule has 6 atom stereocenters. The van der Waals surface area contributed by atoms with Crippen molar-refractivity contribution in [1.29, 1.82) is 0 Å². The van der Waals surface area contributed by atoms with Crippen molar-refractivity contribution in [3.05, 3.63) is 0 Å². The Morgan fingerprint density at radius 3 is 1.48 bits per heavy atom. The standard InChI is InChI=1S/C20H39O2PS2/c1-13(2)17-9-7-15(5)11-19(17)21-23(24,25)22-20-12-16(6)8-10-18(20)14(3)4/h13-20H,7-12H2,1-6H3,(H,24,25)/p-1/t15-,16-,17+,18+,19-,20-/m1/s1. The van der Waals surface area contributed by atoms with Gasteiger partial charge in [-0.1, -0.05) is 66.2 Å². The number of rotatable bonds is 6. The van der Waals surface area contributed by atoms with Gasteiger partial charge in [0.25, 0.3) is 0 Å². The largest absolute Gasteiger partial charge is 0.691 e. The summed E-state index contributed by atoms with van der Waals surface area (Å²) in [7, 11) is 0. The third-order valence-corrected chi connectivity index (χ3v) is 8.54. The fourth-order valence-corrected chi connectivity index (χ4v) is 7.35. The topological polar surface area (TPSA) is 18.5 Å². The summed E-state index contributed by atoms with van der Waals surface area (Å²) in [6.45, 7) is 13.8. The van der Waals surface area contributed by atoms with Crippen molar-refractivity contribution in [2.45, 2.75) is 92.3 Å². The van der Waals surface area contributed by atoms with Gasteiger partial charge in [0, 0.05) is 0 Å². The Hall–Kier alpha value is 0.920. The van der Waals surface area contributed by atoms with E-state index in [2.05, 4.69) is 41.5 Å². The van der Waals surface area contributed by atoms with Gasteiger partial charge in [0.1, 0.15) is 0 Å². The molecule has 2 aliphatic rings. The van der Waals surface area contributed by atoms with Gasteiger partial charge >= 0.3 is 0 Å². The van der Waals surface area contributed by atoms with E-state index < -0.39 is 5.69 Å². The van der Waals surface area contributed by atoms with Crippen LogP contribution in [0.25, 0.3) is 0 Å². The molecule has 0 amide bonds. The van der Waals surface area contributed by atoms with Crippen LogP contribution >= 0.6 is 5.69 Å². The lowest BCUT2D eigenvalue weighted by molar-refractivity contribution is 0.0142. The predicted molar refractivity (Wildman–Crippen MR) is 114 cm³/mol. The second-order valence-electron chi connectivity index (χ2n) is 9.39. The van der Waals surface area contributed by atoms with E-state index in [0.29, 0.717) is 35.5 Å². The first-order chi connectivity index (χ1) is 11.6. The van der Waals surface area contributed by atoms with Crippen LogP contribution in [0.4, 0.5) is 0 Å². The zero-order valence-corrected chi connectivity index (χ0v) is 19.5. The highest BCUT2D eigenvalue weighted by molar-refractivity contribution is 8.51. The first-order valence-electron chi connectivity index (χ1n) is 10.3. The van der Waals surface area contributed by atoms with E-state index in [9.17, 15) is 0 Å². The lowest BCUT2D eigenvalue weighted by Gasteiger charge is -2.46. The molecule has 2 fully saturated rings. The molecule has 5 heteroatoms. The molecule has 0 aromatic heterocycles. The molecule has 2 nitrogen and oxygen atoms in total. The lowest BCUT2D eigenvalue weighted by atomic mass is 9.75. The quantitative estimate of drug-likeness (QED) is 0.361. The maximum Gasteiger partial charge on any atom is 0.0664 e. The Bertz CT molecular complexity index is 431. The SMILES string of the molecule is CC(C)[C@@H]1CC[C@@H](C)C[C@H]1OP(=S)([S-])O[C@@H]1C[C@H](C)CC[C@H]1C(C)C. The van der Waals surface area contributed by atoms with Gasteiger partial charge in [-0.25, -0.2) is 0 Å². The summed E-state index contributed by atoms with van der Waals surface area (Å²) >= 11 is 11.5. The van der Waals surface area contributed by atoms with Gasteiger partial charge in [-0.15, -0.1) is 0 Å².